The lowest BCUT2D eigenvalue weighted by atomic mass is 9.73. The molecule has 0 spiro atoms. The van der Waals surface area contributed by atoms with Crippen molar-refractivity contribution in [1.82, 2.24) is 9.97 Å². The zero-order valence-electron chi connectivity index (χ0n) is 32.9. The summed E-state index contributed by atoms with van der Waals surface area (Å²) >= 11 is 0. The van der Waals surface area contributed by atoms with Gasteiger partial charge in [-0.2, -0.15) is 0 Å². The minimum absolute atomic E-state index is 0.00179. The lowest BCUT2D eigenvalue weighted by molar-refractivity contribution is -0.122. The second kappa shape index (κ2) is 16.9. The second-order valence-corrected chi connectivity index (χ2v) is 14.2. The van der Waals surface area contributed by atoms with Gasteiger partial charge in [0.15, 0.2) is 5.78 Å². The van der Waals surface area contributed by atoms with Crippen LogP contribution in [0, 0.1) is 0 Å². The fourth-order valence-corrected chi connectivity index (χ4v) is 8.07. The first-order valence-corrected chi connectivity index (χ1v) is 19.2. The SMILES string of the molecule is COc1cc(NC(c2ccccc2)C(C(=O)C(c2c[nH]c3ccccc23)C(Nc2cc(OC)cc(OC)c2)c2ccccc2)c2c[nH]c3ccccc23)cc(OC)c1. The second-order valence-electron chi connectivity index (χ2n) is 14.2. The van der Waals surface area contributed by atoms with Crippen LogP contribution in [0.25, 0.3) is 21.8 Å². The van der Waals surface area contributed by atoms with Crippen LogP contribution < -0.4 is 29.6 Å². The fraction of sp³-hybridized carbons (Fsp3) is 0.163. The zero-order valence-corrected chi connectivity index (χ0v) is 32.9. The minimum Gasteiger partial charge on any atom is -0.497 e. The van der Waals surface area contributed by atoms with Gasteiger partial charge in [-0.25, -0.2) is 0 Å². The average Bonchev–Trinajstić information content (AvgIpc) is 3.91. The molecule has 6 aromatic carbocycles. The number of anilines is 2. The molecule has 0 saturated heterocycles. The predicted molar refractivity (Wildman–Crippen MR) is 232 cm³/mol. The largest absolute Gasteiger partial charge is 0.497 e. The van der Waals surface area contributed by atoms with Crippen molar-refractivity contribution in [1.29, 1.82) is 0 Å². The number of ketones is 1. The maximum atomic E-state index is 16.6. The number of fused-ring (bicyclic) bond motifs is 2. The number of rotatable bonds is 16. The molecule has 292 valence electrons. The summed E-state index contributed by atoms with van der Waals surface area (Å²) in [7, 11) is 6.52. The maximum absolute atomic E-state index is 16.6. The average molecular weight is 771 g/mol. The van der Waals surface area contributed by atoms with E-state index < -0.39 is 23.9 Å². The van der Waals surface area contributed by atoms with Crippen LogP contribution in [0.3, 0.4) is 0 Å². The van der Waals surface area contributed by atoms with Gasteiger partial charge in [-0.1, -0.05) is 97.1 Å². The van der Waals surface area contributed by atoms with Crippen LogP contribution in [-0.2, 0) is 4.79 Å². The smallest absolute Gasteiger partial charge is 0.152 e. The summed E-state index contributed by atoms with van der Waals surface area (Å²) in [5, 5.41) is 9.57. The van der Waals surface area contributed by atoms with E-state index in [-0.39, 0.29) is 5.78 Å². The number of hydrogen-bond donors (Lipinski definition) is 4. The van der Waals surface area contributed by atoms with Crippen molar-refractivity contribution in [3.63, 3.8) is 0 Å². The highest BCUT2D eigenvalue weighted by Gasteiger charge is 2.42. The first-order valence-electron chi connectivity index (χ1n) is 19.2. The van der Waals surface area contributed by atoms with Crippen molar-refractivity contribution in [2.24, 2.45) is 0 Å². The molecule has 2 aromatic heterocycles. The van der Waals surface area contributed by atoms with Crippen LogP contribution in [0.5, 0.6) is 23.0 Å². The molecule has 4 atom stereocenters. The Kier molecular flexibility index (Phi) is 11.0. The normalized spacial score (nSPS) is 13.3. The molecular formula is C49H46N4O5. The van der Waals surface area contributed by atoms with Crippen molar-refractivity contribution in [2.45, 2.75) is 23.9 Å². The molecule has 0 amide bonds. The molecule has 8 aromatic rings. The van der Waals surface area contributed by atoms with Crippen LogP contribution in [0.4, 0.5) is 11.4 Å². The number of carbonyl (C=O) groups is 1. The topological polar surface area (TPSA) is 110 Å². The van der Waals surface area contributed by atoms with Gasteiger partial charge in [-0.05, 0) is 34.4 Å². The molecule has 0 fully saturated rings. The number of Topliss-reactive ketones (excluding diaryl/α,β-unsaturated/α-hetero) is 1. The molecule has 0 aliphatic heterocycles. The van der Waals surface area contributed by atoms with Gasteiger partial charge in [-0.3, -0.25) is 4.79 Å². The third-order valence-electron chi connectivity index (χ3n) is 10.9. The highest BCUT2D eigenvalue weighted by molar-refractivity contribution is 6.01. The summed E-state index contributed by atoms with van der Waals surface area (Å²) in [6.45, 7) is 0. The van der Waals surface area contributed by atoms with E-state index in [1.165, 1.54) is 0 Å². The van der Waals surface area contributed by atoms with E-state index in [1.54, 1.807) is 28.4 Å². The third-order valence-corrected chi connectivity index (χ3v) is 10.9. The van der Waals surface area contributed by atoms with Gasteiger partial charge in [0.2, 0.25) is 0 Å². The molecule has 9 heteroatoms. The Morgan fingerprint density at radius 3 is 1.17 bits per heavy atom. The van der Waals surface area contributed by atoms with E-state index in [2.05, 4.69) is 57.0 Å². The number of ether oxygens (including phenoxy) is 4. The Hall–Kier alpha value is -7.13. The Labute approximate surface area is 337 Å². The molecule has 4 N–H and O–H groups in total. The lowest BCUT2D eigenvalue weighted by Gasteiger charge is -2.35. The Morgan fingerprint density at radius 1 is 0.466 bits per heavy atom. The number of para-hydroxylation sites is 2. The Balaban J connectivity index is 1.39. The molecule has 2 heterocycles. The summed E-state index contributed by atoms with van der Waals surface area (Å²) in [6.07, 6.45) is 3.97. The Bertz CT molecular complexity index is 2410. The van der Waals surface area contributed by atoms with Gasteiger partial charge in [0, 0.05) is 82.0 Å². The van der Waals surface area contributed by atoms with Crippen LogP contribution in [0.2, 0.25) is 0 Å². The molecular weight excluding hydrogens is 725 g/mol. The van der Waals surface area contributed by atoms with Crippen molar-refractivity contribution in [3.8, 4) is 23.0 Å². The van der Waals surface area contributed by atoms with Gasteiger partial charge in [0.1, 0.15) is 23.0 Å². The minimum atomic E-state index is -0.734. The van der Waals surface area contributed by atoms with Gasteiger partial charge in [0.25, 0.3) is 0 Å². The summed E-state index contributed by atoms with van der Waals surface area (Å²) < 4.78 is 22.8. The highest BCUT2D eigenvalue weighted by Crippen LogP contribution is 2.47. The van der Waals surface area contributed by atoms with Crippen LogP contribution in [0.1, 0.15) is 46.2 Å². The molecule has 9 nitrogen and oxygen atoms in total. The Morgan fingerprint density at radius 2 is 0.810 bits per heavy atom. The number of nitrogens with one attached hydrogen (secondary N) is 4. The first kappa shape index (κ1) is 37.8. The van der Waals surface area contributed by atoms with Crippen LogP contribution in [0.15, 0.2) is 158 Å². The van der Waals surface area contributed by atoms with E-state index in [0.717, 1.165) is 55.4 Å². The molecule has 0 saturated carbocycles. The van der Waals surface area contributed by atoms with Crippen molar-refractivity contribution < 1.29 is 23.7 Å². The van der Waals surface area contributed by atoms with Crippen molar-refractivity contribution >= 4 is 39.0 Å². The molecule has 0 aliphatic rings. The summed E-state index contributed by atoms with van der Waals surface area (Å²) in [5.74, 6) is 1.04. The van der Waals surface area contributed by atoms with E-state index in [0.29, 0.717) is 23.0 Å². The zero-order chi connectivity index (χ0) is 40.0. The number of hydrogen-bond acceptors (Lipinski definition) is 7. The standard InChI is InChI=1S/C49H46N4O5/c1-55-35-23-33(24-36(27-35)56-2)52-47(31-15-7-5-8-16-31)45(41-29-50-43-21-13-11-19-39(41)43)49(54)46(42-30-51-44-22-14-12-20-40(42)44)48(32-17-9-6-10-18-32)53-34-25-37(57-3)28-38(26-34)58-4/h5-30,45-48,50-53H,1-4H3. The predicted octanol–water partition coefficient (Wildman–Crippen LogP) is 10.8. The summed E-state index contributed by atoms with van der Waals surface area (Å²) in [6, 6.07) is 46.8. The molecule has 0 aliphatic carbocycles. The van der Waals surface area contributed by atoms with Gasteiger partial charge in [-0.15, -0.1) is 0 Å². The van der Waals surface area contributed by atoms with E-state index in [1.807, 2.05) is 122 Å². The summed E-state index contributed by atoms with van der Waals surface area (Å²) in [4.78, 5) is 23.6. The number of aromatic amines is 2. The molecule has 0 radical (unpaired) electrons. The van der Waals surface area contributed by atoms with Crippen LogP contribution in [-0.4, -0.2) is 44.2 Å². The highest BCUT2D eigenvalue weighted by atomic mass is 16.5. The molecule has 0 bridgehead atoms. The van der Waals surface area contributed by atoms with Crippen molar-refractivity contribution in [2.75, 3.05) is 39.1 Å². The fourth-order valence-electron chi connectivity index (χ4n) is 8.07. The molecule has 4 unspecified atom stereocenters. The van der Waals surface area contributed by atoms with E-state index >= 15 is 4.79 Å². The molecule has 8 rings (SSSR count). The lowest BCUT2D eigenvalue weighted by Crippen LogP contribution is -2.34. The van der Waals surface area contributed by atoms with Gasteiger partial charge < -0.3 is 39.5 Å². The maximum Gasteiger partial charge on any atom is 0.152 e. The van der Waals surface area contributed by atoms with E-state index in [4.69, 9.17) is 18.9 Å². The number of benzene rings is 6. The van der Waals surface area contributed by atoms with E-state index in [9.17, 15) is 0 Å². The number of methoxy groups -OCH3 is 4. The van der Waals surface area contributed by atoms with Crippen LogP contribution >= 0.6 is 0 Å². The van der Waals surface area contributed by atoms with Gasteiger partial charge in [0.05, 0.1) is 52.4 Å². The number of carbonyl (C=O) groups excluding carboxylic acids is 1. The van der Waals surface area contributed by atoms with Gasteiger partial charge >= 0.3 is 0 Å². The first-order chi connectivity index (χ1) is 28.5. The molecule has 58 heavy (non-hydrogen) atoms. The number of aromatic nitrogens is 2. The monoisotopic (exact) mass is 770 g/mol. The quantitative estimate of drug-likeness (QED) is 0.0774. The third kappa shape index (κ3) is 7.67. The number of H-pyrrole nitrogens is 2. The summed E-state index contributed by atoms with van der Waals surface area (Å²) in [5.41, 5.74) is 6.98. The van der Waals surface area contributed by atoms with Crippen molar-refractivity contribution in [3.05, 3.63) is 180 Å².